The molecule has 7 heteroatoms. The number of amides is 1. The first-order valence-corrected chi connectivity index (χ1v) is 8.40. The van der Waals surface area contributed by atoms with Crippen molar-refractivity contribution in [3.05, 3.63) is 63.9 Å². The quantitative estimate of drug-likeness (QED) is 0.660. The first kappa shape index (κ1) is 17.5. The molecule has 0 aliphatic heterocycles. The molecule has 0 spiro atoms. The van der Waals surface area contributed by atoms with Gasteiger partial charge >= 0.3 is 0 Å². The molecule has 1 amide bonds. The van der Waals surface area contributed by atoms with E-state index in [2.05, 4.69) is 15.5 Å². The molecule has 2 aromatic carbocycles. The number of rotatable bonds is 4. The summed E-state index contributed by atoms with van der Waals surface area (Å²) in [4.78, 5) is 16.9. The molecule has 25 heavy (non-hydrogen) atoms. The summed E-state index contributed by atoms with van der Waals surface area (Å²) in [5.41, 5.74) is 1.62. The number of anilines is 1. The van der Waals surface area contributed by atoms with Gasteiger partial charge in [0.2, 0.25) is 0 Å². The molecule has 0 fully saturated rings. The highest BCUT2D eigenvalue weighted by Gasteiger charge is 2.16. The molecule has 0 aliphatic carbocycles. The van der Waals surface area contributed by atoms with Gasteiger partial charge in [0.15, 0.2) is 5.82 Å². The van der Waals surface area contributed by atoms with Crippen molar-refractivity contribution >= 4 is 34.8 Å². The summed E-state index contributed by atoms with van der Waals surface area (Å²) in [5, 5.41) is 7.52. The molecular formula is C18H15Cl2N3O2. The van der Waals surface area contributed by atoms with E-state index in [0.29, 0.717) is 38.6 Å². The van der Waals surface area contributed by atoms with Crippen LogP contribution in [0.1, 0.15) is 35.9 Å². The van der Waals surface area contributed by atoms with Gasteiger partial charge in [-0.3, -0.25) is 4.79 Å². The summed E-state index contributed by atoms with van der Waals surface area (Å²) in [7, 11) is 0. The van der Waals surface area contributed by atoms with Crippen molar-refractivity contribution in [1.29, 1.82) is 0 Å². The van der Waals surface area contributed by atoms with Gasteiger partial charge in [-0.25, -0.2) is 0 Å². The average Bonchev–Trinajstić information content (AvgIpc) is 3.08. The van der Waals surface area contributed by atoms with Crippen molar-refractivity contribution in [2.24, 2.45) is 0 Å². The van der Waals surface area contributed by atoms with E-state index in [1.165, 1.54) is 6.07 Å². The van der Waals surface area contributed by atoms with E-state index in [9.17, 15) is 4.79 Å². The number of hydrogen-bond acceptors (Lipinski definition) is 4. The Bertz CT molecular complexity index is 922. The van der Waals surface area contributed by atoms with E-state index in [0.717, 1.165) is 0 Å². The summed E-state index contributed by atoms with van der Waals surface area (Å²) in [6, 6.07) is 11.9. The highest BCUT2D eigenvalue weighted by atomic mass is 35.5. The molecule has 0 bridgehead atoms. The van der Waals surface area contributed by atoms with Crippen LogP contribution in [0.5, 0.6) is 0 Å². The number of para-hydroxylation sites is 1. The van der Waals surface area contributed by atoms with Gasteiger partial charge in [0.1, 0.15) is 0 Å². The van der Waals surface area contributed by atoms with Gasteiger partial charge in [-0.2, -0.15) is 4.98 Å². The van der Waals surface area contributed by atoms with E-state index in [1.807, 2.05) is 32.0 Å². The van der Waals surface area contributed by atoms with Gasteiger partial charge in [0.25, 0.3) is 11.8 Å². The number of nitrogens with zero attached hydrogens (tertiary/aromatic N) is 2. The van der Waals surface area contributed by atoms with Gasteiger partial charge in [-0.05, 0) is 30.3 Å². The maximum Gasteiger partial charge on any atom is 0.260 e. The lowest BCUT2D eigenvalue weighted by Gasteiger charge is -2.09. The molecule has 3 aromatic rings. The minimum absolute atomic E-state index is 0.149. The number of carbonyl (C=O) groups is 1. The van der Waals surface area contributed by atoms with Gasteiger partial charge in [0, 0.05) is 11.5 Å². The van der Waals surface area contributed by atoms with Crippen molar-refractivity contribution in [2.75, 3.05) is 5.32 Å². The zero-order chi connectivity index (χ0) is 18.0. The monoisotopic (exact) mass is 375 g/mol. The third-order valence-corrected chi connectivity index (χ3v) is 4.28. The average molecular weight is 376 g/mol. The highest BCUT2D eigenvalue weighted by Crippen LogP contribution is 2.28. The summed E-state index contributed by atoms with van der Waals surface area (Å²) in [5.74, 6) is 0.805. The van der Waals surface area contributed by atoms with E-state index < -0.39 is 0 Å². The molecule has 1 aromatic heterocycles. The third kappa shape index (κ3) is 3.83. The molecule has 5 nitrogen and oxygen atoms in total. The number of nitrogens with one attached hydrogen (secondary N) is 1. The summed E-state index contributed by atoms with van der Waals surface area (Å²) < 4.78 is 5.32. The number of halogens is 2. The first-order chi connectivity index (χ1) is 12.0. The molecule has 0 saturated heterocycles. The van der Waals surface area contributed by atoms with E-state index in [1.54, 1.807) is 18.2 Å². The Hall–Kier alpha value is -2.37. The van der Waals surface area contributed by atoms with E-state index >= 15 is 0 Å². The lowest BCUT2D eigenvalue weighted by molar-refractivity contribution is 0.102. The van der Waals surface area contributed by atoms with Crippen molar-refractivity contribution in [3.8, 4) is 11.5 Å². The molecule has 3 rings (SSSR count). The fourth-order valence-corrected chi connectivity index (χ4v) is 2.49. The maximum absolute atomic E-state index is 12.5. The van der Waals surface area contributed by atoms with Gasteiger partial charge < -0.3 is 9.84 Å². The van der Waals surface area contributed by atoms with Crippen molar-refractivity contribution in [1.82, 2.24) is 10.1 Å². The van der Waals surface area contributed by atoms with Crippen LogP contribution in [0.15, 0.2) is 47.0 Å². The number of hydrogen-bond donors (Lipinski definition) is 1. The molecule has 0 radical (unpaired) electrons. The van der Waals surface area contributed by atoms with Crippen LogP contribution in [0.2, 0.25) is 10.0 Å². The zero-order valence-corrected chi connectivity index (χ0v) is 15.1. The normalized spacial score (nSPS) is 10.9. The summed E-state index contributed by atoms with van der Waals surface area (Å²) in [6.45, 7) is 3.96. The lowest BCUT2D eigenvalue weighted by atomic mass is 10.1. The van der Waals surface area contributed by atoms with Crippen LogP contribution in [-0.4, -0.2) is 16.0 Å². The highest BCUT2D eigenvalue weighted by molar-refractivity contribution is 6.42. The SMILES string of the molecule is CC(C)c1noc(-c2ccccc2NC(=O)c2ccc(Cl)c(Cl)c2)n1. The fraction of sp³-hybridized carbons (Fsp3) is 0.167. The third-order valence-electron chi connectivity index (χ3n) is 3.55. The van der Waals surface area contributed by atoms with E-state index in [4.69, 9.17) is 27.7 Å². The Morgan fingerprint density at radius 2 is 1.88 bits per heavy atom. The molecule has 0 saturated carbocycles. The second-order valence-corrected chi connectivity index (χ2v) is 6.56. The first-order valence-electron chi connectivity index (χ1n) is 7.65. The van der Waals surface area contributed by atoms with Crippen molar-refractivity contribution in [2.45, 2.75) is 19.8 Å². The minimum Gasteiger partial charge on any atom is -0.334 e. The van der Waals surface area contributed by atoms with Crippen LogP contribution in [-0.2, 0) is 0 Å². The second kappa shape index (κ2) is 7.25. The van der Waals surface area contributed by atoms with Gasteiger partial charge in [-0.1, -0.05) is 54.3 Å². The van der Waals surface area contributed by atoms with Crippen LogP contribution in [0.4, 0.5) is 5.69 Å². The van der Waals surface area contributed by atoms with Crippen LogP contribution in [0.3, 0.4) is 0 Å². The molecule has 128 valence electrons. The predicted molar refractivity (Wildman–Crippen MR) is 98.2 cm³/mol. The number of carbonyl (C=O) groups excluding carboxylic acids is 1. The Labute approximate surface area is 155 Å². The molecule has 1 heterocycles. The standard InChI is InChI=1S/C18H15Cl2N3O2/c1-10(2)16-22-18(25-23-16)12-5-3-4-6-15(12)21-17(24)11-7-8-13(19)14(20)9-11/h3-10H,1-2H3,(H,21,24). The Balaban J connectivity index is 1.90. The number of aromatic nitrogens is 2. The molecule has 0 aliphatic rings. The number of benzene rings is 2. The second-order valence-electron chi connectivity index (χ2n) is 5.74. The molecule has 1 N–H and O–H groups in total. The zero-order valence-electron chi connectivity index (χ0n) is 13.6. The lowest BCUT2D eigenvalue weighted by Crippen LogP contribution is -2.12. The van der Waals surface area contributed by atoms with Crippen LogP contribution in [0.25, 0.3) is 11.5 Å². The smallest absolute Gasteiger partial charge is 0.260 e. The van der Waals surface area contributed by atoms with Crippen LogP contribution in [0, 0.1) is 0 Å². The minimum atomic E-state index is -0.311. The molecular weight excluding hydrogens is 361 g/mol. The summed E-state index contributed by atoms with van der Waals surface area (Å²) in [6.07, 6.45) is 0. The Morgan fingerprint density at radius 1 is 1.12 bits per heavy atom. The maximum atomic E-state index is 12.5. The van der Waals surface area contributed by atoms with Crippen LogP contribution < -0.4 is 5.32 Å². The predicted octanol–water partition coefficient (Wildman–Crippen LogP) is 5.42. The molecule has 0 atom stereocenters. The van der Waals surface area contributed by atoms with Crippen molar-refractivity contribution in [3.63, 3.8) is 0 Å². The fourth-order valence-electron chi connectivity index (χ4n) is 2.19. The van der Waals surface area contributed by atoms with E-state index in [-0.39, 0.29) is 11.8 Å². The Kier molecular flexibility index (Phi) is 5.06. The van der Waals surface area contributed by atoms with Crippen molar-refractivity contribution < 1.29 is 9.32 Å². The molecule has 0 unspecified atom stereocenters. The topological polar surface area (TPSA) is 68.0 Å². The Morgan fingerprint density at radius 3 is 2.56 bits per heavy atom. The van der Waals surface area contributed by atoms with Crippen LogP contribution >= 0.6 is 23.2 Å². The largest absolute Gasteiger partial charge is 0.334 e. The summed E-state index contributed by atoms with van der Waals surface area (Å²) >= 11 is 11.9. The van der Waals surface area contributed by atoms with Gasteiger partial charge in [0.05, 0.1) is 21.3 Å². The van der Waals surface area contributed by atoms with Gasteiger partial charge in [-0.15, -0.1) is 0 Å².